The highest BCUT2D eigenvalue weighted by molar-refractivity contribution is 6.74. The summed E-state index contributed by atoms with van der Waals surface area (Å²) < 4.78 is 6.29. The molecule has 0 aromatic rings. The van der Waals surface area contributed by atoms with E-state index in [4.69, 9.17) is 4.43 Å². The van der Waals surface area contributed by atoms with Gasteiger partial charge in [-0.2, -0.15) is 0 Å². The predicted molar refractivity (Wildman–Crippen MR) is 75.0 cm³/mol. The third-order valence-electron chi connectivity index (χ3n) is 3.21. The molecule has 0 spiro atoms. The maximum Gasteiger partial charge on any atom is 0.252 e. The van der Waals surface area contributed by atoms with Gasteiger partial charge in [0.1, 0.15) is 0 Å². The number of hydrogen-bond acceptors (Lipinski definition) is 2. The van der Waals surface area contributed by atoms with Crippen LogP contribution < -0.4 is 0 Å². The van der Waals surface area contributed by atoms with Crippen LogP contribution in [0, 0.1) is 0 Å². The molecule has 0 saturated carbocycles. The summed E-state index contributed by atoms with van der Waals surface area (Å²) in [5.74, 6) is 1.04. The molecule has 0 bridgehead atoms. The zero-order valence-electron chi connectivity index (χ0n) is 12.3. The summed E-state index contributed by atoms with van der Waals surface area (Å²) in [6, 6.07) is 0. The van der Waals surface area contributed by atoms with Crippen molar-refractivity contribution in [2.75, 3.05) is 14.1 Å². The van der Waals surface area contributed by atoms with E-state index in [1.54, 1.807) is 0 Å². The fourth-order valence-corrected chi connectivity index (χ4v) is 2.09. The average molecular weight is 243 g/mol. The van der Waals surface area contributed by atoms with Crippen LogP contribution in [0.1, 0.15) is 40.5 Å². The van der Waals surface area contributed by atoms with Gasteiger partial charge in [-0.05, 0) is 30.6 Å². The largest absolute Gasteiger partial charge is 0.532 e. The van der Waals surface area contributed by atoms with Crippen molar-refractivity contribution in [2.45, 2.75) is 58.7 Å². The average Bonchev–Trinajstić information content (AvgIpc) is 2.09. The lowest BCUT2D eigenvalue weighted by Crippen LogP contribution is -2.42. The third-order valence-corrected chi connectivity index (χ3v) is 7.55. The van der Waals surface area contributed by atoms with E-state index in [2.05, 4.69) is 65.9 Å². The van der Waals surface area contributed by atoms with Gasteiger partial charge in [0.05, 0.1) is 0 Å². The van der Waals surface area contributed by atoms with Crippen molar-refractivity contribution in [3.8, 4) is 0 Å². The van der Waals surface area contributed by atoms with Crippen molar-refractivity contribution in [1.29, 1.82) is 0 Å². The summed E-state index contributed by atoms with van der Waals surface area (Å²) in [5, 5.41) is 0.258. The molecule has 0 aliphatic rings. The molecular formula is C13H29NOSi. The number of nitrogens with zero attached hydrogens (tertiary/aromatic N) is 1. The Hall–Kier alpha value is -0.443. The van der Waals surface area contributed by atoms with Crippen molar-refractivity contribution < 1.29 is 4.43 Å². The zero-order chi connectivity index (χ0) is 13.0. The van der Waals surface area contributed by atoms with Crippen molar-refractivity contribution in [1.82, 2.24) is 4.90 Å². The minimum absolute atomic E-state index is 0.258. The summed E-state index contributed by atoms with van der Waals surface area (Å²) in [6.45, 7) is 13.6. The van der Waals surface area contributed by atoms with Crippen LogP contribution in [0.3, 0.4) is 0 Å². The Labute approximate surface area is 103 Å². The highest BCUT2D eigenvalue weighted by Crippen LogP contribution is 2.38. The van der Waals surface area contributed by atoms with Gasteiger partial charge in [-0.25, -0.2) is 0 Å². The zero-order valence-corrected chi connectivity index (χ0v) is 13.3. The first kappa shape index (κ1) is 15.6. The van der Waals surface area contributed by atoms with E-state index in [0.29, 0.717) is 0 Å². The molecule has 3 heteroatoms. The number of unbranched alkanes of at least 4 members (excludes halogenated alkanes) is 1. The van der Waals surface area contributed by atoms with Gasteiger partial charge in [0.2, 0.25) is 0 Å². The highest BCUT2D eigenvalue weighted by Gasteiger charge is 2.39. The van der Waals surface area contributed by atoms with Crippen LogP contribution in [0.15, 0.2) is 12.0 Å². The van der Waals surface area contributed by atoms with Gasteiger partial charge in [0.15, 0.2) is 5.88 Å². The summed E-state index contributed by atoms with van der Waals surface area (Å²) in [5.41, 5.74) is 0. The molecule has 0 fully saturated rings. The van der Waals surface area contributed by atoms with Gasteiger partial charge >= 0.3 is 0 Å². The molecule has 2 nitrogen and oxygen atoms in total. The van der Waals surface area contributed by atoms with E-state index in [0.717, 1.165) is 18.7 Å². The summed E-state index contributed by atoms with van der Waals surface area (Å²) in [4.78, 5) is 2.08. The number of hydrogen-bond donors (Lipinski definition) is 0. The number of allylic oxidation sites excluding steroid dienone is 1. The summed E-state index contributed by atoms with van der Waals surface area (Å²) in [6.07, 6.45) is 4.46. The molecule has 0 radical (unpaired) electrons. The second kappa shape index (κ2) is 5.76. The molecule has 0 unspecified atom stereocenters. The molecule has 0 saturated heterocycles. The molecule has 0 aromatic carbocycles. The first-order chi connectivity index (χ1) is 7.12. The van der Waals surface area contributed by atoms with Crippen LogP contribution in [0.25, 0.3) is 0 Å². The van der Waals surface area contributed by atoms with E-state index in [-0.39, 0.29) is 5.04 Å². The molecule has 0 rings (SSSR count). The first-order valence-corrected chi connectivity index (χ1v) is 9.09. The predicted octanol–water partition coefficient (Wildman–Crippen LogP) is 4.21. The first-order valence-electron chi connectivity index (χ1n) is 6.18. The fourth-order valence-electron chi connectivity index (χ4n) is 0.998. The van der Waals surface area contributed by atoms with E-state index >= 15 is 0 Å². The summed E-state index contributed by atoms with van der Waals surface area (Å²) in [7, 11) is 2.41. The molecule has 0 aromatic heterocycles. The molecule has 0 atom stereocenters. The van der Waals surface area contributed by atoms with Gasteiger partial charge in [-0.1, -0.05) is 34.1 Å². The van der Waals surface area contributed by atoms with Crippen LogP contribution in [0.5, 0.6) is 0 Å². The highest BCUT2D eigenvalue weighted by atomic mass is 28.4. The minimum Gasteiger partial charge on any atom is -0.532 e. The van der Waals surface area contributed by atoms with E-state index in [9.17, 15) is 0 Å². The lowest BCUT2D eigenvalue weighted by molar-refractivity contribution is 0.259. The van der Waals surface area contributed by atoms with E-state index in [1.807, 2.05) is 0 Å². The van der Waals surface area contributed by atoms with Crippen molar-refractivity contribution in [2.24, 2.45) is 0 Å². The van der Waals surface area contributed by atoms with Crippen LogP contribution in [0.4, 0.5) is 0 Å². The Morgan fingerprint density at radius 2 is 1.75 bits per heavy atom. The molecule has 0 aliphatic carbocycles. The van der Waals surface area contributed by atoms with Gasteiger partial charge in [-0.3, -0.25) is 0 Å². The van der Waals surface area contributed by atoms with Crippen LogP contribution in [-0.2, 0) is 4.43 Å². The normalized spacial score (nSPS) is 13.9. The third kappa shape index (κ3) is 4.60. The Bertz CT molecular complexity index is 239. The Morgan fingerprint density at radius 3 is 2.06 bits per heavy atom. The molecule has 0 N–H and O–H groups in total. The van der Waals surface area contributed by atoms with Gasteiger partial charge in [-0.15, -0.1) is 0 Å². The Morgan fingerprint density at radius 1 is 1.25 bits per heavy atom. The van der Waals surface area contributed by atoms with Gasteiger partial charge in [0.25, 0.3) is 8.32 Å². The lowest BCUT2D eigenvalue weighted by Gasteiger charge is -2.38. The van der Waals surface area contributed by atoms with Crippen LogP contribution >= 0.6 is 0 Å². The second-order valence-electron chi connectivity index (χ2n) is 6.09. The Balaban J connectivity index is 4.76. The lowest BCUT2D eigenvalue weighted by atomic mass is 10.2. The maximum absolute atomic E-state index is 6.29. The van der Waals surface area contributed by atoms with Crippen molar-refractivity contribution in [3.05, 3.63) is 12.0 Å². The second-order valence-corrected chi connectivity index (χ2v) is 10.8. The smallest absolute Gasteiger partial charge is 0.252 e. The van der Waals surface area contributed by atoms with E-state index < -0.39 is 8.32 Å². The molecule has 0 aliphatic heterocycles. The molecule has 96 valence electrons. The minimum atomic E-state index is -1.69. The van der Waals surface area contributed by atoms with Gasteiger partial charge < -0.3 is 9.33 Å². The fraction of sp³-hybridized carbons (Fsp3) is 0.846. The van der Waals surface area contributed by atoms with E-state index in [1.165, 1.54) is 0 Å². The monoisotopic (exact) mass is 243 g/mol. The summed E-state index contributed by atoms with van der Waals surface area (Å²) >= 11 is 0. The quantitative estimate of drug-likeness (QED) is 0.530. The van der Waals surface area contributed by atoms with Crippen molar-refractivity contribution >= 4 is 8.32 Å². The topological polar surface area (TPSA) is 12.5 Å². The Kier molecular flexibility index (Phi) is 5.60. The number of rotatable bonds is 5. The van der Waals surface area contributed by atoms with Crippen LogP contribution in [-0.4, -0.2) is 27.3 Å². The van der Waals surface area contributed by atoms with Crippen molar-refractivity contribution in [3.63, 3.8) is 0 Å². The van der Waals surface area contributed by atoms with Crippen LogP contribution in [0.2, 0.25) is 18.1 Å². The maximum atomic E-state index is 6.29. The SMILES string of the molecule is CCC/C=C(/O[Si](C)(C)C(C)(C)C)N(C)C. The molecule has 0 amide bonds. The molecular weight excluding hydrogens is 214 g/mol. The van der Waals surface area contributed by atoms with Gasteiger partial charge in [0, 0.05) is 14.1 Å². The molecule has 0 heterocycles. The molecule has 16 heavy (non-hydrogen) atoms. The standard InChI is InChI=1S/C13H29NOSi/c1-9-10-11-12(14(5)6)15-16(7,8)13(2,3)4/h11H,9-10H2,1-8H3/b12-11+.